The normalized spacial score (nSPS) is 10.8. The molecular weight excluding hydrogens is 328 g/mol. The van der Waals surface area contributed by atoms with Crippen LogP contribution < -0.4 is 9.47 Å². The van der Waals surface area contributed by atoms with Gasteiger partial charge in [0.05, 0.1) is 37.5 Å². The van der Waals surface area contributed by atoms with Crippen LogP contribution in [0.4, 0.5) is 0 Å². The van der Waals surface area contributed by atoms with Crippen molar-refractivity contribution in [2.75, 3.05) is 14.2 Å². The van der Waals surface area contributed by atoms with Crippen molar-refractivity contribution in [3.63, 3.8) is 0 Å². The molecular formula is C20H18N4O2. The van der Waals surface area contributed by atoms with E-state index in [-0.39, 0.29) is 0 Å². The maximum absolute atomic E-state index is 5.37. The van der Waals surface area contributed by atoms with Crippen molar-refractivity contribution >= 4 is 11.0 Å². The molecule has 0 atom stereocenters. The first-order valence-electron chi connectivity index (χ1n) is 8.23. The lowest BCUT2D eigenvalue weighted by atomic mass is 10.1. The molecule has 0 saturated carbocycles. The lowest BCUT2D eigenvalue weighted by Gasteiger charge is -2.08. The van der Waals surface area contributed by atoms with E-state index in [0.29, 0.717) is 18.0 Å². The van der Waals surface area contributed by atoms with E-state index in [1.54, 1.807) is 26.6 Å². The summed E-state index contributed by atoms with van der Waals surface area (Å²) in [7, 11) is 3.25. The van der Waals surface area contributed by atoms with Gasteiger partial charge in [-0.25, -0.2) is 0 Å². The zero-order valence-electron chi connectivity index (χ0n) is 14.6. The van der Waals surface area contributed by atoms with Crippen LogP contribution in [0.3, 0.4) is 0 Å². The van der Waals surface area contributed by atoms with E-state index in [1.807, 2.05) is 47.3 Å². The number of rotatable bonds is 5. The Labute approximate surface area is 151 Å². The Morgan fingerprint density at radius 3 is 2.62 bits per heavy atom. The van der Waals surface area contributed by atoms with Crippen molar-refractivity contribution < 1.29 is 9.47 Å². The molecule has 0 aliphatic rings. The number of aromatic nitrogens is 4. The molecule has 6 nitrogen and oxygen atoms in total. The zero-order valence-corrected chi connectivity index (χ0v) is 14.6. The van der Waals surface area contributed by atoms with Crippen LogP contribution in [-0.2, 0) is 6.54 Å². The number of hydrogen-bond donors (Lipinski definition) is 0. The second kappa shape index (κ2) is 6.84. The van der Waals surface area contributed by atoms with Crippen LogP contribution in [0, 0.1) is 0 Å². The molecule has 0 aliphatic heterocycles. The fourth-order valence-corrected chi connectivity index (χ4v) is 2.95. The number of fused-ring (bicyclic) bond motifs is 1. The molecule has 0 spiro atoms. The van der Waals surface area contributed by atoms with Gasteiger partial charge < -0.3 is 9.47 Å². The zero-order chi connectivity index (χ0) is 17.9. The Balaban J connectivity index is 1.64. The topological polar surface area (TPSA) is 62.1 Å². The molecule has 0 aliphatic carbocycles. The average Bonchev–Trinajstić information content (AvgIpc) is 3.16. The minimum absolute atomic E-state index is 0.628. The number of nitrogens with zero attached hydrogens (tertiary/aromatic N) is 4. The van der Waals surface area contributed by atoms with Gasteiger partial charge in [0, 0.05) is 29.7 Å². The molecule has 130 valence electrons. The lowest BCUT2D eigenvalue weighted by Crippen LogP contribution is -2.02. The Kier molecular flexibility index (Phi) is 4.23. The second-order valence-corrected chi connectivity index (χ2v) is 5.81. The molecule has 2 aromatic carbocycles. The number of methoxy groups -OCH3 is 2. The summed E-state index contributed by atoms with van der Waals surface area (Å²) < 4.78 is 12.6. The van der Waals surface area contributed by atoms with Crippen LogP contribution in [0.2, 0.25) is 0 Å². The third kappa shape index (κ3) is 2.97. The summed E-state index contributed by atoms with van der Waals surface area (Å²) in [6.07, 6.45) is 5.38. The van der Waals surface area contributed by atoms with Crippen LogP contribution >= 0.6 is 0 Å². The molecule has 2 heterocycles. The summed E-state index contributed by atoms with van der Waals surface area (Å²) in [5, 5.41) is 4.69. The summed E-state index contributed by atoms with van der Waals surface area (Å²) in [5.74, 6) is 1.38. The summed E-state index contributed by atoms with van der Waals surface area (Å²) in [4.78, 5) is 8.80. The molecule has 0 saturated heterocycles. The highest BCUT2D eigenvalue weighted by atomic mass is 16.5. The first-order chi connectivity index (χ1) is 12.8. The van der Waals surface area contributed by atoms with Gasteiger partial charge >= 0.3 is 0 Å². The van der Waals surface area contributed by atoms with Gasteiger partial charge in [-0.3, -0.25) is 14.6 Å². The van der Waals surface area contributed by atoms with Crippen molar-refractivity contribution in [2.45, 2.75) is 6.54 Å². The maximum Gasteiger partial charge on any atom is 0.161 e. The van der Waals surface area contributed by atoms with E-state index in [1.165, 1.54) is 0 Å². The third-order valence-electron chi connectivity index (χ3n) is 4.23. The molecule has 4 aromatic rings. The highest BCUT2D eigenvalue weighted by Gasteiger charge is 2.10. The van der Waals surface area contributed by atoms with E-state index < -0.39 is 0 Å². The smallest absolute Gasteiger partial charge is 0.161 e. The Morgan fingerprint density at radius 1 is 0.923 bits per heavy atom. The molecule has 26 heavy (non-hydrogen) atoms. The maximum atomic E-state index is 5.37. The van der Waals surface area contributed by atoms with Crippen molar-refractivity contribution in [1.29, 1.82) is 0 Å². The summed E-state index contributed by atoms with van der Waals surface area (Å²) in [6.45, 7) is 0.628. The van der Waals surface area contributed by atoms with Gasteiger partial charge in [0.2, 0.25) is 0 Å². The van der Waals surface area contributed by atoms with E-state index in [0.717, 1.165) is 27.9 Å². The molecule has 0 bridgehead atoms. The Hall–Kier alpha value is -3.41. The predicted molar refractivity (Wildman–Crippen MR) is 99.4 cm³/mol. The van der Waals surface area contributed by atoms with Gasteiger partial charge in [0.25, 0.3) is 0 Å². The predicted octanol–water partition coefficient (Wildman–Crippen LogP) is 3.56. The van der Waals surface area contributed by atoms with Crippen LogP contribution in [0.25, 0.3) is 22.3 Å². The highest BCUT2D eigenvalue weighted by Crippen LogP contribution is 2.31. The summed E-state index contributed by atoms with van der Waals surface area (Å²) >= 11 is 0. The van der Waals surface area contributed by atoms with Crippen molar-refractivity contribution in [2.24, 2.45) is 0 Å². The molecule has 0 unspecified atom stereocenters. The fraction of sp³-hybridized carbons (Fsp3) is 0.150. The van der Waals surface area contributed by atoms with Gasteiger partial charge in [-0.05, 0) is 30.3 Å². The van der Waals surface area contributed by atoms with Gasteiger partial charge in [-0.2, -0.15) is 5.10 Å². The van der Waals surface area contributed by atoms with Gasteiger partial charge in [-0.15, -0.1) is 0 Å². The van der Waals surface area contributed by atoms with E-state index in [4.69, 9.17) is 9.47 Å². The monoisotopic (exact) mass is 346 g/mol. The van der Waals surface area contributed by atoms with Gasteiger partial charge in [-0.1, -0.05) is 12.1 Å². The Bertz CT molecular complexity index is 1050. The van der Waals surface area contributed by atoms with Crippen LogP contribution in [0.1, 0.15) is 5.56 Å². The number of para-hydroxylation sites is 1. The Morgan fingerprint density at radius 2 is 1.77 bits per heavy atom. The molecule has 0 amide bonds. The second-order valence-electron chi connectivity index (χ2n) is 5.81. The molecule has 0 radical (unpaired) electrons. The highest BCUT2D eigenvalue weighted by molar-refractivity contribution is 5.77. The summed E-state index contributed by atoms with van der Waals surface area (Å²) in [6, 6.07) is 13.8. The SMILES string of the molecule is COc1ccc(-c2ccn(Cc3cccc4nccnc34)n2)cc1OC. The molecule has 0 N–H and O–H groups in total. The van der Waals surface area contributed by atoms with Crippen LogP contribution in [-0.4, -0.2) is 34.0 Å². The van der Waals surface area contributed by atoms with Crippen LogP contribution in [0.5, 0.6) is 11.5 Å². The first-order valence-corrected chi connectivity index (χ1v) is 8.23. The third-order valence-corrected chi connectivity index (χ3v) is 4.23. The minimum atomic E-state index is 0.628. The standard InChI is InChI=1S/C20H18N4O2/c1-25-18-7-6-14(12-19(18)26-2)16-8-11-24(23-16)13-15-4-3-5-17-20(15)22-10-9-21-17/h3-12H,13H2,1-2H3. The molecule has 4 rings (SSSR count). The fourth-order valence-electron chi connectivity index (χ4n) is 2.95. The van der Waals surface area contributed by atoms with E-state index >= 15 is 0 Å². The average molecular weight is 346 g/mol. The lowest BCUT2D eigenvalue weighted by molar-refractivity contribution is 0.355. The van der Waals surface area contributed by atoms with Crippen molar-refractivity contribution in [3.8, 4) is 22.8 Å². The van der Waals surface area contributed by atoms with E-state index in [9.17, 15) is 0 Å². The summed E-state index contributed by atoms with van der Waals surface area (Å²) in [5.41, 5.74) is 4.71. The number of ether oxygens (including phenoxy) is 2. The van der Waals surface area contributed by atoms with Crippen molar-refractivity contribution in [3.05, 3.63) is 66.6 Å². The number of hydrogen-bond acceptors (Lipinski definition) is 5. The van der Waals surface area contributed by atoms with Crippen molar-refractivity contribution in [1.82, 2.24) is 19.7 Å². The van der Waals surface area contributed by atoms with Crippen LogP contribution in [0.15, 0.2) is 61.1 Å². The van der Waals surface area contributed by atoms with Gasteiger partial charge in [0.15, 0.2) is 11.5 Å². The first kappa shape index (κ1) is 16.1. The minimum Gasteiger partial charge on any atom is -0.493 e. The largest absolute Gasteiger partial charge is 0.493 e. The molecule has 6 heteroatoms. The molecule has 0 fully saturated rings. The quantitative estimate of drug-likeness (QED) is 0.553. The van der Waals surface area contributed by atoms with E-state index in [2.05, 4.69) is 21.1 Å². The number of benzene rings is 2. The van der Waals surface area contributed by atoms with Gasteiger partial charge in [0.1, 0.15) is 0 Å². The molecule has 2 aromatic heterocycles.